The van der Waals surface area contributed by atoms with Gasteiger partial charge >= 0.3 is 0 Å². The lowest BCUT2D eigenvalue weighted by Gasteiger charge is -2.25. The summed E-state index contributed by atoms with van der Waals surface area (Å²) in [5.41, 5.74) is 1.71. The van der Waals surface area contributed by atoms with E-state index in [2.05, 4.69) is 6.92 Å². The second kappa shape index (κ2) is 7.90. The Morgan fingerprint density at radius 3 is 2.81 bits per heavy atom. The van der Waals surface area contributed by atoms with E-state index < -0.39 is 10.0 Å². The second-order valence-corrected chi connectivity index (χ2v) is 8.99. The third kappa shape index (κ3) is 4.00. The van der Waals surface area contributed by atoms with Crippen molar-refractivity contribution >= 4 is 15.9 Å². The van der Waals surface area contributed by atoms with Gasteiger partial charge in [0.05, 0.1) is 11.5 Å². The smallest absolute Gasteiger partial charge is 0.254 e. The Balaban J connectivity index is 1.77. The van der Waals surface area contributed by atoms with Gasteiger partial charge in [0.2, 0.25) is 10.0 Å². The zero-order valence-corrected chi connectivity index (χ0v) is 16.2. The van der Waals surface area contributed by atoms with Crippen molar-refractivity contribution in [1.29, 1.82) is 0 Å². The van der Waals surface area contributed by atoms with Crippen LogP contribution in [0, 0.1) is 5.92 Å². The molecule has 6 nitrogen and oxygen atoms in total. The number of sulfonamides is 1. The van der Waals surface area contributed by atoms with Crippen LogP contribution in [0.2, 0.25) is 0 Å². The summed E-state index contributed by atoms with van der Waals surface area (Å²) in [5, 5.41) is 0. The zero-order chi connectivity index (χ0) is 18.7. The molecule has 2 aliphatic heterocycles. The Bertz CT molecular complexity index is 804. The SMILES string of the molecule is COC[C@H]1CCN(S(=O)(=O)c2cccc(C(=O)N3CC=C(C)CC3)c2)C1. The van der Waals surface area contributed by atoms with Gasteiger partial charge in [-0.15, -0.1) is 0 Å². The van der Waals surface area contributed by atoms with Gasteiger partial charge in [-0.25, -0.2) is 8.42 Å². The van der Waals surface area contributed by atoms with Crippen LogP contribution in [0.25, 0.3) is 0 Å². The third-order valence-electron chi connectivity index (χ3n) is 5.09. The van der Waals surface area contributed by atoms with Crippen LogP contribution in [-0.2, 0) is 14.8 Å². The van der Waals surface area contributed by atoms with Crippen LogP contribution in [0.1, 0.15) is 30.1 Å². The van der Waals surface area contributed by atoms with E-state index >= 15 is 0 Å². The molecule has 0 spiro atoms. The summed E-state index contributed by atoms with van der Waals surface area (Å²) in [6, 6.07) is 6.40. The molecule has 0 N–H and O–H groups in total. The minimum Gasteiger partial charge on any atom is -0.384 e. The molecule has 3 rings (SSSR count). The molecule has 0 saturated carbocycles. The predicted octanol–water partition coefficient (Wildman–Crippen LogP) is 2.14. The van der Waals surface area contributed by atoms with E-state index in [9.17, 15) is 13.2 Å². The molecule has 7 heteroatoms. The van der Waals surface area contributed by atoms with Gasteiger partial charge in [-0.1, -0.05) is 17.7 Å². The van der Waals surface area contributed by atoms with Crippen LogP contribution in [0.3, 0.4) is 0 Å². The number of benzene rings is 1. The number of carbonyl (C=O) groups excluding carboxylic acids is 1. The van der Waals surface area contributed by atoms with Crippen LogP contribution >= 0.6 is 0 Å². The third-order valence-corrected chi connectivity index (χ3v) is 6.95. The average molecular weight is 378 g/mol. The van der Waals surface area contributed by atoms with Crippen molar-refractivity contribution in [3.05, 3.63) is 41.5 Å². The van der Waals surface area contributed by atoms with Crippen LogP contribution < -0.4 is 0 Å². The van der Waals surface area contributed by atoms with Crippen LogP contribution in [0.4, 0.5) is 0 Å². The molecule has 26 heavy (non-hydrogen) atoms. The average Bonchev–Trinajstić information content (AvgIpc) is 3.12. The fourth-order valence-electron chi connectivity index (χ4n) is 3.46. The molecule has 0 aromatic heterocycles. The van der Waals surface area contributed by atoms with Crippen LogP contribution in [0.5, 0.6) is 0 Å². The summed E-state index contributed by atoms with van der Waals surface area (Å²) >= 11 is 0. The zero-order valence-electron chi connectivity index (χ0n) is 15.3. The maximum absolute atomic E-state index is 12.9. The quantitative estimate of drug-likeness (QED) is 0.736. The van der Waals surface area contributed by atoms with Gasteiger partial charge in [0.1, 0.15) is 0 Å². The number of ether oxygens (including phenoxy) is 1. The maximum atomic E-state index is 12.9. The molecule has 1 atom stereocenters. The van der Waals surface area contributed by atoms with Crippen molar-refractivity contribution in [2.75, 3.05) is 39.9 Å². The summed E-state index contributed by atoms with van der Waals surface area (Å²) in [7, 11) is -1.96. The monoisotopic (exact) mass is 378 g/mol. The first-order valence-corrected chi connectivity index (χ1v) is 10.4. The second-order valence-electron chi connectivity index (χ2n) is 7.05. The number of amides is 1. The first-order chi connectivity index (χ1) is 12.4. The molecule has 1 fully saturated rings. The first-order valence-electron chi connectivity index (χ1n) is 8.96. The van der Waals surface area contributed by atoms with E-state index in [4.69, 9.17) is 4.74 Å². The van der Waals surface area contributed by atoms with Crippen molar-refractivity contribution in [2.24, 2.45) is 5.92 Å². The molecule has 2 heterocycles. The minimum absolute atomic E-state index is 0.121. The van der Waals surface area contributed by atoms with Crippen molar-refractivity contribution in [2.45, 2.75) is 24.7 Å². The van der Waals surface area contributed by atoms with E-state index in [0.29, 0.717) is 38.3 Å². The number of hydrogen-bond acceptors (Lipinski definition) is 4. The number of hydrogen-bond donors (Lipinski definition) is 0. The van der Waals surface area contributed by atoms with Gasteiger partial charge in [-0.2, -0.15) is 4.31 Å². The lowest BCUT2D eigenvalue weighted by atomic mass is 10.1. The largest absolute Gasteiger partial charge is 0.384 e. The van der Waals surface area contributed by atoms with E-state index in [1.807, 2.05) is 6.08 Å². The fourth-order valence-corrected chi connectivity index (χ4v) is 5.04. The molecule has 0 aliphatic carbocycles. The predicted molar refractivity (Wildman–Crippen MR) is 99.5 cm³/mol. The summed E-state index contributed by atoms with van der Waals surface area (Å²) in [4.78, 5) is 14.7. The highest BCUT2D eigenvalue weighted by molar-refractivity contribution is 7.89. The lowest BCUT2D eigenvalue weighted by Crippen LogP contribution is -2.35. The molecule has 0 bridgehead atoms. The van der Waals surface area contributed by atoms with Gasteiger partial charge in [-0.05, 0) is 43.9 Å². The lowest BCUT2D eigenvalue weighted by molar-refractivity contribution is 0.0769. The van der Waals surface area contributed by atoms with Gasteiger partial charge in [0, 0.05) is 38.9 Å². The number of rotatable bonds is 5. The fraction of sp³-hybridized carbons (Fsp3) is 0.526. The van der Waals surface area contributed by atoms with Crippen LogP contribution in [0.15, 0.2) is 40.8 Å². The van der Waals surface area contributed by atoms with E-state index in [-0.39, 0.29) is 16.7 Å². The number of methoxy groups -OCH3 is 1. The van der Waals surface area contributed by atoms with Crippen molar-refractivity contribution in [3.63, 3.8) is 0 Å². The first kappa shape index (κ1) is 19.1. The minimum atomic E-state index is -3.59. The summed E-state index contributed by atoms with van der Waals surface area (Å²) in [5.74, 6) is 0.104. The molecular formula is C19H26N2O4S. The highest BCUT2D eigenvalue weighted by atomic mass is 32.2. The Morgan fingerprint density at radius 1 is 1.31 bits per heavy atom. The molecule has 1 saturated heterocycles. The Labute approximate surface area is 155 Å². The summed E-state index contributed by atoms with van der Waals surface area (Å²) < 4.78 is 32.5. The Morgan fingerprint density at radius 2 is 2.12 bits per heavy atom. The van der Waals surface area contributed by atoms with E-state index in [0.717, 1.165) is 12.8 Å². The van der Waals surface area contributed by atoms with Gasteiger partial charge in [-0.3, -0.25) is 4.79 Å². The summed E-state index contributed by atoms with van der Waals surface area (Å²) in [6.07, 6.45) is 3.70. The highest BCUT2D eigenvalue weighted by Crippen LogP contribution is 2.25. The van der Waals surface area contributed by atoms with Crippen molar-refractivity contribution in [3.8, 4) is 0 Å². The number of nitrogens with zero attached hydrogens (tertiary/aromatic N) is 2. The van der Waals surface area contributed by atoms with E-state index in [1.165, 1.54) is 15.9 Å². The molecule has 1 amide bonds. The van der Waals surface area contributed by atoms with Crippen LogP contribution in [-0.4, -0.2) is 63.4 Å². The van der Waals surface area contributed by atoms with E-state index in [1.54, 1.807) is 30.2 Å². The van der Waals surface area contributed by atoms with Gasteiger partial charge in [0.25, 0.3) is 5.91 Å². The molecule has 2 aliphatic rings. The van der Waals surface area contributed by atoms with Crippen molar-refractivity contribution in [1.82, 2.24) is 9.21 Å². The molecule has 1 aromatic carbocycles. The summed E-state index contributed by atoms with van der Waals surface area (Å²) in [6.45, 7) is 4.82. The Kier molecular flexibility index (Phi) is 5.79. The van der Waals surface area contributed by atoms with Gasteiger partial charge in [0.15, 0.2) is 0 Å². The van der Waals surface area contributed by atoms with Crippen molar-refractivity contribution < 1.29 is 17.9 Å². The molecule has 1 aromatic rings. The maximum Gasteiger partial charge on any atom is 0.254 e. The topological polar surface area (TPSA) is 66.9 Å². The molecule has 0 unspecified atom stereocenters. The Hall–Kier alpha value is -1.70. The number of carbonyl (C=O) groups is 1. The standard InChI is InChI=1S/C19H26N2O4S/c1-15-6-9-20(10-7-15)19(22)17-4-3-5-18(12-17)26(23,24)21-11-8-16(13-21)14-25-2/h3-6,12,16H,7-11,13-14H2,1-2H3/t16-/m0/s1. The van der Waals surface area contributed by atoms with Gasteiger partial charge < -0.3 is 9.64 Å². The molecule has 0 radical (unpaired) electrons. The normalized spacial score (nSPS) is 21.7. The molecule has 142 valence electrons. The highest BCUT2D eigenvalue weighted by Gasteiger charge is 2.33. The molecular weight excluding hydrogens is 352 g/mol.